The van der Waals surface area contributed by atoms with Crippen LogP contribution in [0.5, 0.6) is 0 Å². The summed E-state index contributed by atoms with van der Waals surface area (Å²) in [6.45, 7) is 3.66. The zero-order valence-electron chi connectivity index (χ0n) is 7.53. The summed E-state index contributed by atoms with van der Waals surface area (Å²) in [5.74, 6) is -0.609. The van der Waals surface area contributed by atoms with E-state index in [4.69, 9.17) is 10.7 Å². The third-order valence-electron chi connectivity index (χ3n) is 2.30. The van der Waals surface area contributed by atoms with Gasteiger partial charge in [-0.1, -0.05) is 20.3 Å². The molecule has 1 fully saturated rings. The standard InChI is InChI=1S/C7H12ClNO3S/c1-3-4-6-5(2)7(10)9(6)13(8,11)12/h5-6H,3-4H2,1-2H3/t5-,6+/m1/s1. The number of carbonyl (C=O) groups excluding carboxylic acids is 1. The first-order valence-electron chi connectivity index (χ1n) is 4.17. The lowest BCUT2D eigenvalue weighted by Gasteiger charge is -2.42. The molecule has 13 heavy (non-hydrogen) atoms. The van der Waals surface area contributed by atoms with E-state index in [0.29, 0.717) is 6.42 Å². The number of halogens is 1. The molecule has 0 aromatic heterocycles. The van der Waals surface area contributed by atoms with Crippen LogP contribution in [-0.4, -0.2) is 24.7 Å². The van der Waals surface area contributed by atoms with Crippen molar-refractivity contribution in [2.45, 2.75) is 32.7 Å². The number of hydrogen-bond acceptors (Lipinski definition) is 3. The van der Waals surface area contributed by atoms with Crippen LogP contribution in [0.3, 0.4) is 0 Å². The van der Waals surface area contributed by atoms with Gasteiger partial charge in [-0.25, -0.2) is 4.31 Å². The molecule has 6 heteroatoms. The maximum absolute atomic E-state index is 11.2. The number of carbonyl (C=O) groups is 1. The highest BCUT2D eigenvalue weighted by Crippen LogP contribution is 2.33. The molecule has 1 rings (SSSR count). The molecule has 76 valence electrons. The molecule has 1 aliphatic heterocycles. The first-order chi connectivity index (χ1) is 5.89. The molecule has 0 unspecified atom stereocenters. The first-order valence-corrected chi connectivity index (χ1v) is 6.44. The second-order valence-electron chi connectivity index (χ2n) is 3.22. The highest BCUT2D eigenvalue weighted by molar-refractivity contribution is 8.12. The van der Waals surface area contributed by atoms with Crippen molar-refractivity contribution in [2.75, 3.05) is 0 Å². The lowest BCUT2D eigenvalue weighted by molar-refractivity contribution is -0.145. The van der Waals surface area contributed by atoms with E-state index >= 15 is 0 Å². The molecular weight excluding hydrogens is 214 g/mol. The predicted octanol–water partition coefficient (Wildman–Crippen LogP) is 1.12. The fourth-order valence-corrected chi connectivity index (χ4v) is 3.09. The van der Waals surface area contributed by atoms with Crippen molar-refractivity contribution in [3.05, 3.63) is 0 Å². The smallest absolute Gasteiger partial charge is 0.273 e. The van der Waals surface area contributed by atoms with Gasteiger partial charge in [0.1, 0.15) is 0 Å². The Morgan fingerprint density at radius 2 is 2.08 bits per heavy atom. The van der Waals surface area contributed by atoms with Gasteiger partial charge in [-0.2, -0.15) is 8.42 Å². The number of rotatable bonds is 3. The minimum Gasteiger partial charge on any atom is -0.273 e. The fraction of sp³-hybridized carbons (Fsp3) is 0.857. The quantitative estimate of drug-likeness (QED) is 0.534. The molecule has 0 aliphatic carbocycles. The van der Waals surface area contributed by atoms with Crippen molar-refractivity contribution >= 4 is 25.8 Å². The van der Waals surface area contributed by atoms with E-state index in [1.54, 1.807) is 6.92 Å². The van der Waals surface area contributed by atoms with Crippen molar-refractivity contribution in [1.29, 1.82) is 0 Å². The van der Waals surface area contributed by atoms with Crippen molar-refractivity contribution in [3.63, 3.8) is 0 Å². The van der Waals surface area contributed by atoms with Gasteiger partial charge in [0.25, 0.3) is 0 Å². The second kappa shape index (κ2) is 3.46. The van der Waals surface area contributed by atoms with E-state index in [1.807, 2.05) is 6.92 Å². The Balaban J connectivity index is 2.81. The van der Waals surface area contributed by atoms with E-state index in [2.05, 4.69) is 0 Å². The Bertz CT molecular complexity index is 314. The van der Waals surface area contributed by atoms with E-state index in [9.17, 15) is 13.2 Å². The van der Waals surface area contributed by atoms with E-state index in [0.717, 1.165) is 10.7 Å². The number of nitrogens with zero attached hydrogens (tertiary/aromatic N) is 1. The van der Waals surface area contributed by atoms with Gasteiger partial charge in [-0.15, -0.1) is 0 Å². The van der Waals surface area contributed by atoms with Crippen LogP contribution in [0.4, 0.5) is 0 Å². The van der Waals surface area contributed by atoms with Crippen LogP contribution in [-0.2, 0) is 14.0 Å². The largest absolute Gasteiger partial charge is 0.324 e. The monoisotopic (exact) mass is 225 g/mol. The predicted molar refractivity (Wildman–Crippen MR) is 49.5 cm³/mol. The Morgan fingerprint density at radius 1 is 1.54 bits per heavy atom. The molecule has 0 aromatic rings. The van der Waals surface area contributed by atoms with E-state index in [-0.39, 0.29) is 12.0 Å². The maximum atomic E-state index is 11.2. The number of amides is 1. The van der Waals surface area contributed by atoms with Crippen LogP contribution in [0.15, 0.2) is 0 Å². The zero-order valence-corrected chi connectivity index (χ0v) is 9.10. The molecule has 0 saturated carbocycles. The highest BCUT2D eigenvalue weighted by atomic mass is 35.7. The highest BCUT2D eigenvalue weighted by Gasteiger charge is 2.49. The Labute approximate surface area is 82.4 Å². The summed E-state index contributed by atoms with van der Waals surface area (Å²) in [4.78, 5) is 11.2. The van der Waals surface area contributed by atoms with Gasteiger partial charge in [-0.05, 0) is 6.42 Å². The average molecular weight is 226 g/mol. The Hall–Kier alpha value is -0.290. The lowest BCUT2D eigenvalue weighted by atomic mass is 9.89. The lowest BCUT2D eigenvalue weighted by Crippen LogP contribution is -2.60. The van der Waals surface area contributed by atoms with Crippen molar-refractivity contribution in [2.24, 2.45) is 5.92 Å². The summed E-state index contributed by atoms with van der Waals surface area (Å²) < 4.78 is 22.6. The fourth-order valence-electron chi connectivity index (χ4n) is 1.58. The van der Waals surface area contributed by atoms with Crippen molar-refractivity contribution in [1.82, 2.24) is 4.31 Å². The number of β-lactam (4-membered cyclic amide) rings is 1. The van der Waals surface area contributed by atoms with Crippen LogP contribution >= 0.6 is 10.7 Å². The van der Waals surface area contributed by atoms with Gasteiger partial charge in [0.15, 0.2) is 0 Å². The maximum Gasteiger partial charge on any atom is 0.324 e. The third-order valence-corrected chi connectivity index (χ3v) is 3.67. The summed E-state index contributed by atoms with van der Waals surface area (Å²) >= 11 is 0. The van der Waals surface area contributed by atoms with Gasteiger partial charge in [0, 0.05) is 10.7 Å². The normalized spacial score (nSPS) is 28.8. The molecule has 2 atom stereocenters. The summed E-state index contributed by atoms with van der Waals surface area (Å²) in [5, 5.41) is 0. The summed E-state index contributed by atoms with van der Waals surface area (Å²) in [7, 11) is 1.24. The van der Waals surface area contributed by atoms with E-state index in [1.165, 1.54) is 0 Å². The SMILES string of the molecule is CCC[C@H]1[C@@H](C)C(=O)N1S(=O)(=O)Cl. The number of hydrogen-bond donors (Lipinski definition) is 0. The topological polar surface area (TPSA) is 54.5 Å². The minimum absolute atomic E-state index is 0.214. The van der Waals surface area contributed by atoms with Crippen LogP contribution in [0.2, 0.25) is 0 Å². The van der Waals surface area contributed by atoms with Crippen LogP contribution in [0.1, 0.15) is 26.7 Å². The van der Waals surface area contributed by atoms with Gasteiger partial charge in [0.05, 0.1) is 12.0 Å². The third kappa shape index (κ3) is 1.81. The Kier molecular flexibility index (Phi) is 2.87. The summed E-state index contributed by atoms with van der Waals surface area (Å²) in [6.07, 6.45) is 1.52. The van der Waals surface area contributed by atoms with Gasteiger partial charge in [0.2, 0.25) is 5.91 Å². The van der Waals surface area contributed by atoms with Crippen LogP contribution in [0.25, 0.3) is 0 Å². The zero-order chi connectivity index (χ0) is 10.2. The molecule has 0 N–H and O–H groups in total. The molecular formula is C7H12ClNO3S. The van der Waals surface area contributed by atoms with Crippen LogP contribution in [0, 0.1) is 5.92 Å². The average Bonchev–Trinajstić information content (AvgIpc) is 2.01. The molecule has 0 spiro atoms. The molecule has 0 radical (unpaired) electrons. The van der Waals surface area contributed by atoms with Gasteiger partial charge >= 0.3 is 9.24 Å². The minimum atomic E-state index is -3.86. The van der Waals surface area contributed by atoms with Crippen molar-refractivity contribution in [3.8, 4) is 0 Å². The first kappa shape index (κ1) is 10.8. The molecule has 1 saturated heterocycles. The molecule has 0 bridgehead atoms. The van der Waals surface area contributed by atoms with Gasteiger partial charge < -0.3 is 0 Å². The molecule has 1 aliphatic rings. The van der Waals surface area contributed by atoms with E-state index < -0.39 is 15.1 Å². The summed E-state index contributed by atoms with van der Waals surface area (Å²) in [6, 6.07) is -0.236. The molecule has 4 nitrogen and oxygen atoms in total. The van der Waals surface area contributed by atoms with Gasteiger partial charge in [-0.3, -0.25) is 4.79 Å². The molecule has 0 aromatic carbocycles. The van der Waals surface area contributed by atoms with Crippen molar-refractivity contribution < 1.29 is 13.2 Å². The second-order valence-corrected chi connectivity index (χ2v) is 5.61. The molecule has 1 amide bonds. The Morgan fingerprint density at radius 3 is 2.46 bits per heavy atom. The summed E-state index contributed by atoms with van der Waals surface area (Å²) in [5.41, 5.74) is 0. The van der Waals surface area contributed by atoms with Crippen LogP contribution < -0.4 is 0 Å². The molecule has 1 heterocycles.